The molecule has 116 valence electrons. The molecule has 0 saturated carbocycles. The number of aromatic nitrogens is 2. The molecule has 7 heteroatoms. The molecule has 0 bridgehead atoms. The van der Waals surface area contributed by atoms with E-state index in [2.05, 4.69) is 21.0 Å². The number of ether oxygens (including phenoxy) is 1. The van der Waals surface area contributed by atoms with E-state index >= 15 is 0 Å². The number of fused-ring (bicyclic) bond motifs is 2. The highest BCUT2D eigenvalue weighted by Gasteiger charge is 2.25. The fourth-order valence-corrected chi connectivity index (χ4v) is 3.03. The molecular formula is C16H11BrFN3O2. The first-order valence-electron chi connectivity index (χ1n) is 7.00. The summed E-state index contributed by atoms with van der Waals surface area (Å²) in [7, 11) is 0. The van der Waals surface area contributed by atoms with Gasteiger partial charge in [-0.05, 0) is 40.2 Å². The summed E-state index contributed by atoms with van der Waals surface area (Å²) in [5.74, 6) is -0.157. The number of hydrogen-bond donors (Lipinski definition) is 0. The molecule has 5 nitrogen and oxygen atoms in total. The van der Waals surface area contributed by atoms with Crippen molar-refractivity contribution in [2.75, 3.05) is 18.1 Å². The van der Waals surface area contributed by atoms with Crippen molar-refractivity contribution in [2.45, 2.75) is 0 Å². The summed E-state index contributed by atoms with van der Waals surface area (Å²) in [4.78, 5) is 14.5. The molecule has 4 rings (SSSR count). The van der Waals surface area contributed by atoms with Gasteiger partial charge in [-0.3, -0.25) is 4.79 Å². The first-order chi connectivity index (χ1) is 11.1. The Balaban J connectivity index is 1.75. The van der Waals surface area contributed by atoms with E-state index in [1.54, 1.807) is 40.0 Å². The Bertz CT molecular complexity index is 925. The quantitative estimate of drug-likeness (QED) is 0.655. The molecule has 0 saturated heterocycles. The van der Waals surface area contributed by atoms with Crippen molar-refractivity contribution in [1.29, 1.82) is 0 Å². The topological polar surface area (TPSA) is 46.8 Å². The van der Waals surface area contributed by atoms with Crippen LogP contribution in [0, 0.1) is 5.82 Å². The molecule has 1 aliphatic rings. The second kappa shape index (κ2) is 5.34. The Morgan fingerprint density at radius 2 is 2.17 bits per heavy atom. The Kier molecular flexibility index (Phi) is 3.30. The van der Waals surface area contributed by atoms with Crippen LogP contribution >= 0.6 is 15.9 Å². The standard InChI is InChI=1S/C16H11BrFN3O2/c17-12-9-19-21-4-3-10(7-14(12)21)16(22)20-5-6-23-15-8-11(18)1-2-13(15)20/h1-4,7-9H,5-6H2. The zero-order chi connectivity index (χ0) is 16.0. The van der Waals surface area contributed by atoms with Crippen molar-refractivity contribution in [3.8, 4) is 5.75 Å². The van der Waals surface area contributed by atoms with Gasteiger partial charge in [-0.1, -0.05) is 0 Å². The Labute approximate surface area is 139 Å². The molecule has 1 amide bonds. The first-order valence-corrected chi connectivity index (χ1v) is 7.80. The third-order valence-electron chi connectivity index (χ3n) is 3.75. The van der Waals surface area contributed by atoms with Crippen molar-refractivity contribution in [3.05, 3.63) is 58.6 Å². The van der Waals surface area contributed by atoms with E-state index in [9.17, 15) is 9.18 Å². The van der Waals surface area contributed by atoms with Crippen molar-refractivity contribution in [2.24, 2.45) is 0 Å². The Hall–Kier alpha value is -2.41. The summed E-state index contributed by atoms with van der Waals surface area (Å²) in [6, 6.07) is 7.68. The second-order valence-corrected chi connectivity index (χ2v) is 6.01. The molecule has 23 heavy (non-hydrogen) atoms. The van der Waals surface area contributed by atoms with E-state index in [1.165, 1.54) is 12.1 Å². The van der Waals surface area contributed by atoms with E-state index in [4.69, 9.17) is 4.74 Å². The van der Waals surface area contributed by atoms with E-state index in [1.807, 2.05) is 0 Å². The maximum absolute atomic E-state index is 13.3. The molecule has 3 aromatic rings. The van der Waals surface area contributed by atoms with Gasteiger partial charge in [-0.15, -0.1) is 0 Å². The minimum absolute atomic E-state index is 0.156. The molecule has 0 atom stereocenters. The predicted octanol–water partition coefficient (Wildman–Crippen LogP) is 3.28. The van der Waals surface area contributed by atoms with Crippen LogP contribution in [-0.4, -0.2) is 28.7 Å². The van der Waals surface area contributed by atoms with Gasteiger partial charge < -0.3 is 9.64 Å². The summed E-state index contributed by atoms with van der Waals surface area (Å²) in [5.41, 5.74) is 1.93. The number of amides is 1. The number of benzene rings is 1. The van der Waals surface area contributed by atoms with Gasteiger partial charge in [-0.25, -0.2) is 8.91 Å². The predicted molar refractivity (Wildman–Crippen MR) is 86.5 cm³/mol. The molecular weight excluding hydrogens is 365 g/mol. The van der Waals surface area contributed by atoms with E-state index in [0.717, 1.165) is 9.99 Å². The number of carbonyl (C=O) groups is 1. The molecule has 1 aromatic carbocycles. The number of hydrogen-bond acceptors (Lipinski definition) is 3. The minimum Gasteiger partial charge on any atom is -0.489 e. The highest BCUT2D eigenvalue weighted by atomic mass is 79.9. The number of rotatable bonds is 1. The van der Waals surface area contributed by atoms with Crippen LogP contribution in [0.4, 0.5) is 10.1 Å². The summed E-state index contributed by atoms with van der Waals surface area (Å²) in [6.45, 7) is 0.754. The zero-order valence-corrected chi connectivity index (χ0v) is 13.5. The SMILES string of the molecule is O=C(c1ccn2ncc(Br)c2c1)N1CCOc2cc(F)ccc21. The highest BCUT2D eigenvalue weighted by molar-refractivity contribution is 9.10. The number of nitrogens with zero attached hydrogens (tertiary/aromatic N) is 3. The van der Waals surface area contributed by atoms with Gasteiger partial charge in [-0.2, -0.15) is 5.10 Å². The van der Waals surface area contributed by atoms with Crippen LogP contribution in [0.3, 0.4) is 0 Å². The maximum Gasteiger partial charge on any atom is 0.258 e. The van der Waals surface area contributed by atoms with Crippen LogP contribution in [0.2, 0.25) is 0 Å². The lowest BCUT2D eigenvalue weighted by Gasteiger charge is -2.29. The van der Waals surface area contributed by atoms with Gasteiger partial charge in [0.1, 0.15) is 18.2 Å². The van der Waals surface area contributed by atoms with Crippen molar-refractivity contribution in [1.82, 2.24) is 9.61 Å². The van der Waals surface area contributed by atoms with Gasteiger partial charge in [0.05, 0.1) is 28.4 Å². The Morgan fingerprint density at radius 1 is 1.30 bits per heavy atom. The van der Waals surface area contributed by atoms with Crippen LogP contribution in [0.1, 0.15) is 10.4 Å². The third-order valence-corrected chi connectivity index (χ3v) is 4.36. The average molecular weight is 376 g/mol. The van der Waals surface area contributed by atoms with Crippen LogP contribution in [-0.2, 0) is 0 Å². The lowest BCUT2D eigenvalue weighted by molar-refractivity contribution is 0.0976. The van der Waals surface area contributed by atoms with E-state index < -0.39 is 0 Å². The molecule has 2 aromatic heterocycles. The van der Waals surface area contributed by atoms with Crippen LogP contribution in [0.15, 0.2) is 47.2 Å². The van der Waals surface area contributed by atoms with E-state index in [-0.39, 0.29) is 11.7 Å². The summed E-state index contributed by atoms with van der Waals surface area (Å²) < 4.78 is 21.3. The minimum atomic E-state index is -0.386. The average Bonchev–Trinajstić information content (AvgIpc) is 2.94. The molecule has 0 N–H and O–H groups in total. The molecule has 0 fully saturated rings. The lowest BCUT2D eigenvalue weighted by Crippen LogP contribution is -2.38. The molecule has 0 radical (unpaired) electrons. The van der Waals surface area contributed by atoms with Gasteiger partial charge in [0.25, 0.3) is 5.91 Å². The highest BCUT2D eigenvalue weighted by Crippen LogP contribution is 2.33. The van der Waals surface area contributed by atoms with Gasteiger partial charge >= 0.3 is 0 Å². The summed E-state index contributed by atoms with van der Waals surface area (Å²) in [6.07, 6.45) is 3.41. The van der Waals surface area contributed by atoms with Gasteiger partial charge in [0, 0.05) is 17.8 Å². The van der Waals surface area contributed by atoms with Gasteiger partial charge in [0.2, 0.25) is 0 Å². The summed E-state index contributed by atoms with van der Waals surface area (Å²) >= 11 is 3.41. The molecule has 0 unspecified atom stereocenters. The molecule has 0 aliphatic carbocycles. The van der Waals surface area contributed by atoms with Crippen molar-refractivity contribution < 1.29 is 13.9 Å². The lowest BCUT2D eigenvalue weighted by atomic mass is 10.1. The van der Waals surface area contributed by atoms with Crippen molar-refractivity contribution in [3.63, 3.8) is 0 Å². The molecule has 0 spiro atoms. The fourth-order valence-electron chi connectivity index (χ4n) is 2.64. The first kappa shape index (κ1) is 14.2. The second-order valence-electron chi connectivity index (χ2n) is 5.16. The zero-order valence-electron chi connectivity index (χ0n) is 11.9. The summed E-state index contributed by atoms with van der Waals surface area (Å²) in [5, 5.41) is 4.16. The third kappa shape index (κ3) is 2.37. The van der Waals surface area contributed by atoms with Crippen LogP contribution in [0.25, 0.3) is 5.52 Å². The van der Waals surface area contributed by atoms with Crippen LogP contribution < -0.4 is 9.64 Å². The van der Waals surface area contributed by atoms with Crippen LogP contribution in [0.5, 0.6) is 5.75 Å². The number of carbonyl (C=O) groups excluding carboxylic acids is 1. The van der Waals surface area contributed by atoms with Crippen molar-refractivity contribution >= 4 is 33.0 Å². The normalized spacial score (nSPS) is 13.7. The van der Waals surface area contributed by atoms with E-state index in [0.29, 0.717) is 30.2 Å². The smallest absolute Gasteiger partial charge is 0.258 e. The van der Waals surface area contributed by atoms with Gasteiger partial charge in [0.15, 0.2) is 0 Å². The largest absolute Gasteiger partial charge is 0.489 e. The maximum atomic E-state index is 13.3. The molecule has 3 heterocycles. The monoisotopic (exact) mass is 375 g/mol. The number of anilines is 1. The number of pyridine rings is 1. The molecule has 1 aliphatic heterocycles. The Morgan fingerprint density at radius 3 is 3.04 bits per heavy atom. The number of halogens is 2. The fraction of sp³-hybridized carbons (Fsp3) is 0.125.